The van der Waals surface area contributed by atoms with E-state index in [-0.39, 0.29) is 29.5 Å². The van der Waals surface area contributed by atoms with E-state index in [9.17, 15) is 9.18 Å². The van der Waals surface area contributed by atoms with Crippen molar-refractivity contribution in [2.75, 3.05) is 13.1 Å². The first-order chi connectivity index (χ1) is 12.5. The van der Waals surface area contributed by atoms with E-state index >= 15 is 0 Å². The van der Waals surface area contributed by atoms with E-state index < -0.39 is 0 Å². The fourth-order valence-electron chi connectivity index (χ4n) is 3.40. The minimum absolute atomic E-state index is 0.0465. The molecule has 0 bridgehead atoms. The van der Waals surface area contributed by atoms with Gasteiger partial charge < -0.3 is 10.6 Å². The van der Waals surface area contributed by atoms with Gasteiger partial charge in [0, 0.05) is 25.6 Å². The Morgan fingerprint density at radius 3 is 2.88 bits per heavy atom. The van der Waals surface area contributed by atoms with Crippen LogP contribution in [-0.2, 0) is 6.42 Å². The number of rotatable bonds is 5. The number of hydrogen-bond donors (Lipinski definition) is 1. The Morgan fingerprint density at radius 2 is 2.19 bits per heavy atom. The third-order valence-corrected chi connectivity index (χ3v) is 4.91. The average Bonchev–Trinajstić information content (AvgIpc) is 3.05. The highest BCUT2D eigenvalue weighted by Gasteiger charge is 2.29. The molecule has 2 N–H and O–H groups in total. The van der Waals surface area contributed by atoms with E-state index in [1.807, 2.05) is 13.8 Å². The van der Waals surface area contributed by atoms with Crippen LogP contribution in [0.5, 0.6) is 0 Å². The van der Waals surface area contributed by atoms with Gasteiger partial charge in [0.1, 0.15) is 17.3 Å². The van der Waals surface area contributed by atoms with Crippen LogP contribution in [0.15, 0.2) is 24.3 Å². The molecule has 0 radical (unpaired) electrons. The quantitative estimate of drug-likeness (QED) is 0.890. The largest absolute Gasteiger partial charge is 0.336 e. The maximum atomic E-state index is 14.2. The lowest BCUT2D eigenvalue weighted by molar-refractivity contribution is 0.0648. The zero-order chi connectivity index (χ0) is 18.7. The van der Waals surface area contributed by atoms with Gasteiger partial charge >= 0.3 is 0 Å². The fraction of sp³-hybridized carbons (Fsp3) is 0.526. The minimum Gasteiger partial charge on any atom is -0.336 e. The number of aromatic nitrogens is 3. The molecule has 1 aliphatic rings. The second kappa shape index (κ2) is 7.95. The number of nitrogens with zero attached hydrogens (tertiary/aromatic N) is 4. The summed E-state index contributed by atoms with van der Waals surface area (Å²) in [5.41, 5.74) is 6.33. The summed E-state index contributed by atoms with van der Waals surface area (Å²) < 4.78 is 15.7. The van der Waals surface area contributed by atoms with E-state index in [0.29, 0.717) is 31.0 Å². The minimum atomic E-state index is -0.385. The van der Waals surface area contributed by atoms with Crippen LogP contribution >= 0.6 is 0 Å². The zero-order valence-corrected chi connectivity index (χ0v) is 15.4. The van der Waals surface area contributed by atoms with Crippen LogP contribution in [0.1, 0.15) is 49.6 Å². The third-order valence-electron chi connectivity index (χ3n) is 4.91. The number of benzene rings is 1. The number of hydrogen-bond acceptors (Lipinski definition) is 4. The fourth-order valence-corrected chi connectivity index (χ4v) is 3.40. The maximum absolute atomic E-state index is 14.2. The van der Waals surface area contributed by atoms with Crippen molar-refractivity contribution in [3.8, 4) is 5.69 Å². The Morgan fingerprint density at radius 1 is 1.42 bits per heavy atom. The van der Waals surface area contributed by atoms with Crippen molar-refractivity contribution >= 4 is 5.91 Å². The molecule has 2 atom stereocenters. The number of para-hydroxylation sites is 1. The molecule has 1 saturated heterocycles. The molecule has 6 nitrogen and oxygen atoms in total. The molecule has 0 spiro atoms. The summed E-state index contributed by atoms with van der Waals surface area (Å²) in [4.78, 5) is 19.1. The van der Waals surface area contributed by atoms with E-state index in [0.717, 1.165) is 19.3 Å². The van der Waals surface area contributed by atoms with E-state index in [1.165, 1.54) is 10.7 Å². The van der Waals surface area contributed by atoms with Crippen LogP contribution in [0.25, 0.3) is 5.69 Å². The molecule has 1 aliphatic heterocycles. The lowest BCUT2D eigenvalue weighted by Gasteiger charge is -2.33. The van der Waals surface area contributed by atoms with Gasteiger partial charge in [-0.05, 0) is 44.2 Å². The molecule has 26 heavy (non-hydrogen) atoms. The SMILES string of the molecule is CCCc1nc(C(=O)N2CCC[C@H]([C@@H](C)N)C2)nn1-c1ccccc1F. The highest BCUT2D eigenvalue weighted by molar-refractivity contribution is 5.90. The van der Waals surface area contributed by atoms with Gasteiger partial charge in [0.2, 0.25) is 5.82 Å². The molecule has 0 unspecified atom stereocenters. The van der Waals surface area contributed by atoms with Gasteiger partial charge in [-0.3, -0.25) is 4.79 Å². The van der Waals surface area contributed by atoms with Gasteiger partial charge in [-0.15, -0.1) is 5.10 Å². The normalized spacial score (nSPS) is 18.8. The van der Waals surface area contributed by atoms with Gasteiger partial charge in [0.05, 0.1) is 0 Å². The molecule has 2 heterocycles. The molecule has 1 aromatic carbocycles. The predicted molar refractivity (Wildman–Crippen MR) is 97.6 cm³/mol. The zero-order valence-electron chi connectivity index (χ0n) is 15.4. The number of nitrogens with two attached hydrogens (primary N) is 1. The van der Waals surface area contributed by atoms with E-state index in [1.54, 1.807) is 23.1 Å². The molecule has 1 aromatic heterocycles. The summed E-state index contributed by atoms with van der Waals surface area (Å²) in [5.74, 6) is 0.423. The lowest BCUT2D eigenvalue weighted by atomic mass is 9.92. The highest BCUT2D eigenvalue weighted by Crippen LogP contribution is 2.21. The van der Waals surface area contributed by atoms with Gasteiger partial charge in [-0.1, -0.05) is 19.1 Å². The number of aryl methyl sites for hydroxylation is 1. The molecular formula is C19H26FN5O. The number of amides is 1. The van der Waals surface area contributed by atoms with Crippen molar-refractivity contribution in [3.63, 3.8) is 0 Å². The van der Waals surface area contributed by atoms with Crippen LogP contribution < -0.4 is 5.73 Å². The molecule has 2 aromatic rings. The van der Waals surface area contributed by atoms with Crippen LogP contribution in [-0.4, -0.2) is 44.7 Å². The van der Waals surface area contributed by atoms with Crippen molar-refractivity contribution in [1.82, 2.24) is 19.7 Å². The first-order valence-corrected chi connectivity index (χ1v) is 9.27. The number of likely N-dealkylation sites (tertiary alicyclic amines) is 1. The Balaban J connectivity index is 1.90. The highest BCUT2D eigenvalue weighted by atomic mass is 19.1. The van der Waals surface area contributed by atoms with E-state index in [4.69, 9.17) is 5.73 Å². The molecule has 0 aliphatic carbocycles. The van der Waals surface area contributed by atoms with Crippen LogP contribution in [0.4, 0.5) is 4.39 Å². The summed E-state index contributed by atoms with van der Waals surface area (Å²) in [7, 11) is 0. The summed E-state index contributed by atoms with van der Waals surface area (Å²) in [5, 5.41) is 4.35. The second-order valence-corrected chi connectivity index (χ2v) is 6.98. The molecule has 1 fully saturated rings. The Kier molecular flexibility index (Phi) is 5.66. The molecule has 140 valence electrons. The van der Waals surface area contributed by atoms with Gasteiger partial charge in [-0.2, -0.15) is 0 Å². The van der Waals surface area contributed by atoms with Crippen molar-refractivity contribution < 1.29 is 9.18 Å². The number of halogens is 1. The number of piperidine rings is 1. The van der Waals surface area contributed by atoms with Gasteiger partial charge in [0.15, 0.2) is 0 Å². The molecule has 3 rings (SSSR count). The van der Waals surface area contributed by atoms with Crippen molar-refractivity contribution in [3.05, 3.63) is 41.7 Å². The third kappa shape index (κ3) is 3.77. The second-order valence-electron chi connectivity index (χ2n) is 6.98. The monoisotopic (exact) mass is 359 g/mol. The average molecular weight is 359 g/mol. The van der Waals surface area contributed by atoms with Gasteiger partial charge in [-0.25, -0.2) is 14.1 Å². The number of carbonyl (C=O) groups is 1. The smallest absolute Gasteiger partial charge is 0.293 e. The molecular weight excluding hydrogens is 333 g/mol. The Hall–Kier alpha value is -2.28. The predicted octanol–water partition coefficient (Wildman–Crippen LogP) is 2.56. The molecule has 7 heteroatoms. The topological polar surface area (TPSA) is 77.0 Å². The van der Waals surface area contributed by atoms with Crippen LogP contribution in [0, 0.1) is 11.7 Å². The molecule has 0 saturated carbocycles. The standard InChI is InChI=1S/C19H26FN5O/c1-3-7-17-22-18(23-25(17)16-10-5-4-9-15(16)20)19(26)24-11-6-8-14(12-24)13(2)21/h4-5,9-10,13-14H,3,6-8,11-12,21H2,1-2H3/t13-,14+/m1/s1. The van der Waals surface area contributed by atoms with Crippen LogP contribution in [0.2, 0.25) is 0 Å². The maximum Gasteiger partial charge on any atom is 0.293 e. The number of carbonyl (C=O) groups excluding carboxylic acids is 1. The van der Waals surface area contributed by atoms with Gasteiger partial charge in [0.25, 0.3) is 5.91 Å². The van der Waals surface area contributed by atoms with Crippen molar-refractivity contribution in [2.45, 2.75) is 45.6 Å². The summed E-state index contributed by atoms with van der Waals surface area (Å²) in [6, 6.07) is 6.44. The Bertz CT molecular complexity index is 773. The molecule has 1 amide bonds. The summed E-state index contributed by atoms with van der Waals surface area (Å²) >= 11 is 0. The summed E-state index contributed by atoms with van der Waals surface area (Å²) in [6.45, 7) is 5.29. The van der Waals surface area contributed by atoms with Crippen molar-refractivity contribution in [1.29, 1.82) is 0 Å². The van der Waals surface area contributed by atoms with Crippen LogP contribution in [0.3, 0.4) is 0 Å². The summed E-state index contributed by atoms with van der Waals surface area (Å²) in [6.07, 6.45) is 3.40. The first kappa shape index (κ1) is 18.5. The first-order valence-electron chi connectivity index (χ1n) is 9.27. The Labute approximate surface area is 153 Å². The van der Waals surface area contributed by atoms with E-state index in [2.05, 4.69) is 10.1 Å². The lowest BCUT2D eigenvalue weighted by Crippen LogP contribution is -2.45. The van der Waals surface area contributed by atoms with Crippen molar-refractivity contribution in [2.24, 2.45) is 11.7 Å².